The predicted molar refractivity (Wildman–Crippen MR) is 94.2 cm³/mol. The van der Waals surface area contributed by atoms with Crippen LogP contribution in [-0.4, -0.2) is 16.8 Å². The maximum atomic E-state index is 10.3. The minimum absolute atomic E-state index is 0.259. The van der Waals surface area contributed by atoms with Crippen molar-refractivity contribution in [2.24, 2.45) is 5.92 Å². The van der Waals surface area contributed by atoms with Crippen molar-refractivity contribution < 1.29 is 9.90 Å². The Balaban J connectivity index is 0.000000224. The van der Waals surface area contributed by atoms with Crippen LogP contribution in [0.4, 0.5) is 11.4 Å². The van der Waals surface area contributed by atoms with Gasteiger partial charge in [-0.25, -0.2) is 4.79 Å². The van der Waals surface area contributed by atoms with E-state index in [0.717, 1.165) is 11.6 Å². The van der Waals surface area contributed by atoms with Crippen molar-refractivity contribution in [1.29, 1.82) is 0 Å². The summed E-state index contributed by atoms with van der Waals surface area (Å²) in [5.41, 5.74) is 12.6. The molecule has 5 N–H and O–H groups in total. The third kappa shape index (κ3) is 7.04. The molecule has 22 heavy (non-hydrogen) atoms. The molecule has 0 aliphatic rings. The van der Waals surface area contributed by atoms with Crippen molar-refractivity contribution in [3.05, 3.63) is 54.1 Å². The van der Waals surface area contributed by atoms with Crippen molar-refractivity contribution in [1.82, 2.24) is 0 Å². The summed E-state index contributed by atoms with van der Waals surface area (Å²) in [5.74, 6) is 0.983. The molecule has 0 fully saturated rings. The second-order valence-electron chi connectivity index (χ2n) is 5.20. The number of carboxylic acids is 1. The van der Waals surface area contributed by atoms with E-state index < -0.39 is 5.97 Å². The molecule has 0 saturated heterocycles. The van der Waals surface area contributed by atoms with Crippen molar-refractivity contribution in [2.75, 3.05) is 17.2 Å². The Bertz CT molecular complexity index is 581. The Kier molecular flexibility index (Phi) is 7.32. The van der Waals surface area contributed by atoms with Gasteiger partial charge in [-0.2, -0.15) is 0 Å². The first-order valence-electron chi connectivity index (χ1n) is 6.95. The van der Waals surface area contributed by atoms with Crippen LogP contribution in [0.2, 0.25) is 0 Å². The maximum Gasteiger partial charge on any atom is 0.335 e. The first-order valence-corrected chi connectivity index (χ1v) is 7.94. The Labute approximate surface area is 135 Å². The fourth-order valence-corrected chi connectivity index (χ4v) is 2.31. The molecule has 0 atom stereocenters. The predicted octanol–water partition coefficient (Wildman–Crippen LogP) is 3.98. The van der Waals surface area contributed by atoms with Gasteiger partial charge in [-0.15, -0.1) is 11.8 Å². The van der Waals surface area contributed by atoms with Crippen LogP contribution in [0, 0.1) is 5.92 Å². The first kappa shape index (κ1) is 17.9. The van der Waals surface area contributed by atoms with E-state index >= 15 is 0 Å². The van der Waals surface area contributed by atoms with Crippen LogP contribution < -0.4 is 11.5 Å². The Morgan fingerprint density at radius 1 is 1.00 bits per heavy atom. The van der Waals surface area contributed by atoms with Gasteiger partial charge in [-0.3, -0.25) is 0 Å². The second-order valence-corrected chi connectivity index (χ2v) is 6.29. The molecule has 0 radical (unpaired) electrons. The summed E-state index contributed by atoms with van der Waals surface area (Å²) in [6.45, 7) is 4.45. The number of thioether (sulfide) groups is 1. The largest absolute Gasteiger partial charge is 0.478 e. The molecule has 0 aliphatic heterocycles. The molecule has 4 nitrogen and oxygen atoms in total. The van der Waals surface area contributed by atoms with Crippen LogP contribution in [0.25, 0.3) is 0 Å². The van der Waals surface area contributed by atoms with Crippen LogP contribution in [0.15, 0.2) is 53.4 Å². The molecule has 0 saturated carbocycles. The van der Waals surface area contributed by atoms with Gasteiger partial charge in [-0.05, 0) is 54.4 Å². The normalized spacial score (nSPS) is 9.95. The number of nitrogens with two attached hydrogens (primary N) is 2. The van der Waals surface area contributed by atoms with Crippen molar-refractivity contribution >= 4 is 29.1 Å². The molecule has 2 aromatic carbocycles. The number of aromatic carboxylic acids is 1. The highest BCUT2D eigenvalue weighted by Gasteiger charge is 1.99. The van der Waals surface area contributed by atoms with E-state index in [4.69, 9.17) is 16.6 Å². The zero-order valence-electron chi connectivity index (χ0n) is 12.8. The van der Waals surface area contributed by atoms with E-state index in [-0.39, 0.29) is 5.56 Å². The number of hydrogen-bond donors (Lipinski definition) is 3. The minimum Gasteiger partial charge on any atom is -0.478 e. The molecule has 0 bridgehead atoms. The highest BCUT2D eigenvalue weighted by Crippen LogP contribution is 2.21. The molecular weight excluding hydrogens is 296 g/mol. The van der Waals surface area contributed by atoms with Crippen LogP contribution in [0.3, 0.4) is 0 Å². The summed E-state index contributed by atoms with van der Waals surface area (Å²) in [4.78, 5) is 11.6. The number of anilines is 2. The van der Waals surface area contributed by atoms with E-state index in [0.29, 0.717) is 5.69 Å². The SMILES string of the molecule is CC(C)CSc1ccc(N)cc1.Nc1ccc(C(=O)O)cc1. The quantitative estimate of drug-likeness (QED) is 0.586. The molecule has 0 heterocycles. The first-order chi connectivity index (χ1) is 10.4. The average Bonchev–Trinajstić information content (AvgIpc) is 2.48. The van der Waals surface area contributed by atoms with Crippen molar-refractivity contribution in [3.63, 3.8) is 0 Å². The molecule has 0 aliphatic carbocycles. The topological polar surface area (TPSA) is 89.3 Å². The summed E-state index contributed by atoms with van der Waals surface area (Å²) in [6.07, 6.45) is 0. The number of carboxylic acid groups (broad SMARTS) is 1. The average molecular weight is 318 g/mol. The van der Waals surface area contributed by atoms with Crippen LogP contribution in [0.5, 0.6) is 0 Å². The van der Waals surface area contributed by atoms with E-state index in [1.807, 2.05) is 23.9 Å². The van der Waals surface area contributed by atoms with Gasteiger partial charge >= 0.3 is 5.97 Å². The van der Waals surface area contributed by atoms with Crippen LogP contribution in [0.1, 0.15) is 24.2 Å². The number of hydrogen-bond acceptors (Lipinski definition) is 4. The highest BCUT2D eigenvalue weighted by molar-refractivity contribution is 7.99. The molecule has 118 valence electrons. The van der Waals surface area contributed by atoms with Gasteiger partial charge in [0, 0.05) is 22.0 Å². The molecule has 5 heteroatoms. The number of rotatable bonds is 4. The summed E-state index contributed by atoms with van der Waals surface area (Å²) in [6, 6.07) is 14.1. The summed E-state index contributed by atoms with van der Waals surface area (Å²) in [5, 5.41) is 8.43. The lowest BCUT2D eigenvalue weighted by molar-refractivity contribution is 0.0697. The zero-order valence-corrected chi connectivity index (χ0v) is 13.6. The number of carbonyl (C=O) groups is 1. The van der Waals surface area contributed by atoms with Gasteiger partial charge < -0.3 is 16.6 Å². The lowest BCUT2D eigenvalue weighted by Gasteiger charge is -2.04. The van der Waals surface area contributed by atoms with E-state index in [1.54, 1.807) is 12.1 Å². The van der Waals surface area contributed by atoms with Crippen molar-refractivity contribution in [3.8, 4) is 0 Å². The third-order valence-corrected chi connectivity index (χ3v) is 4.06. The van der Waals surface area contributed by atoms with Gasteiger partial charge in [0.05, 0.1) is 5.56 Å². The lowest BCUT2D eigenvalue weighted by Crippen LogP contribution is -1.95. The molecule has 2 aromatic rings. The maximum absolute atomic E-state index is 10.3. The van der Waals surface area contributed by atoms with Crippen LogP contribution in [-0.2, 0) is 0 Å². The van der Waals surface area contributed by atoms with E-state index in [1.165, 1.54) is 22.8 Å². The molecule has 0 aromatic heterocycles. The molecule has 2 rings (SSSR count). The fourth-order valence-electron chi connectivity index (χ4n) is 1.45. The summed E-state index contributed by atoms with van der Waals surface area (Å²) >= 11 is 1.88. The fraction of sp³-hybridized carbons (Fsp3) is 0.235. The van der Waals surface area contributed by atoms with E-state index in [2.05, 4.69) is 26.0 Å². The monoisotopic (exact) mass is 318 g/mol. The van der Waals surface area contributed by atoms with Gasteiger partial charge in [0.25, 0.3) is 0 Å². The standard InChI is InChI=1S/C10H15NS.C7H7NO2/c1-8(2)7-12-10-5-3-9(11)4-6-10;8-6-3-1-5(2-4-6)7(9)10/h3-6,8H,7,11H2,1-2H3;1-4H,8H2,(H,9,10). The Hall–Kier alpha value is -2.14. The molecule has 0 amide bonds. The third-order valence-electron chi connectivity index (χ3n) is 2.62. The van der Waals surface area contributed by atoms with Gasteiger partial charge in [-0.1, -0.05) is 13.8 Å². The number of benzene rings is 2. The smallest absolute Gasteiger partial charge is 0.335 e. The Morgan fingerprint density at radius 3 is 1.86 bits per heavy atom. The van der Waals surface area contributed by atoms with E-state index in [9.17, 15) is 4.79 Å². The Morgan fingerprint density at radius 2 is 1.45 bits per heavy atom. The highest BCUT2D eigenvalue weighted by atomic mass is 32.2. The zero-order chi connectivity index (χ0) is 16.5. The summed E-state index contributed by atoms with van der Waals surface area (Å²) in [7, 11) is 0. The van der Waals surface area contributed by atoms with Crippen LogP contribution >= 0.6 is 11.8 Å². The van der Waals surface area contributed by atoms with Gasteiger partial charge in [0.2, 0.25) is 0 Å². The van der Waals surface area contributed by atoms with Gasteiger partial charge in [0.15, 0.2) is 0 Å². The summed E-state index contributed by atoms with van der Waals surface area (Å²) < 4.78 is 0. The number of nitrogen functional groups attached to an aromatic ring is 2. The molecule has 0 unspecified atom stereocenters. The van der Waals surface area contributed by atoms with Gasteiger partial charge in [0.1, 0.15) is 0 Å². The minimum atomic E-state index is -0.931. The molecular formula is C17H22N2O2S. The molecule has 0 spiro atoms. The van der Waals surface area contributed by atoms with Crippen molar-refractivity contribution in [2.45, 2.75) is 18.7 Å². The second kappa shape index (κ2) is 9.00. The lowest BCUT2D eigenvalue weighted by atomic mass is 10.2.